The summed E-state index contributed by atoms with van der Waals surface area (Å²) in [5.41, 5.74) is 0. The minimum atomic E-state index is 0.844. The Hall–Kier alpha value is -0.820. The van der Waals surface area contributed by atoms with Crippen LogP contribution >= 0.6 is 0 Å². The molecule has 0 bridgehead atoms. The summed E-state index contributed by atoms with van der Waals surface area (Å²) in [6.07, 6.45) is 0. The maximum Gasteiger partial charge on any atom is 0.0437 e. The van der Waals surface area contributed by atoms with Crippen LogP contribution in [-0.2, 0) is 4.74 Å². The zero-order chi connectivity index (χ0) is 12.4. The molecule has 0 spiro atoms. The normalized spacial score (nSPS) is 6.80. The van der Waals surface area contributed by atoms with Crippen molar-refractivity contribution in [3.63, 3.8) is 0 Å². The van der Waals surface area contributed by atoms with Crippen LogP contribution in [-0.4, -0.2) is 13.2 Å². The summed E-state index contributed by atoms with van der Waals surface area (Å²) in [6, 6.07) is 12.0. The second kappa shape index (κ2) is 29.2. The van der Waals surface area contributed by atoms with E-state index in [0.29, 0.717) is 0 Å². The first-order chi connectivity index (χ1) is 7.41. The van der Waals surface area contributed by atoms with Gasteiger partial charge in [0.2, 0.25) is 0 Å². The molecule has 0 unspecified atom stereocenters. The molecule has 90 valence electrons. The first-order valence-electron chi connectivity index (χ1n) is 5.99. The monoisotopic (exact) mass is 212 g/mol. The average molecular weight is 212 g/mol. The van der Waals surface area contributed by atoms with Gasteiger partial charge in [0.25, 0.3) is 0 Å². The zero-order valence-corrected chi connectivity index (χ0v) is 11.3. The summed E-state index contributed by atoms with van der Waals surface area (Å²) < 4.78 is 4.83. The molecule has 0 amide bonds. The van der Waals surface area contributed by atoms with Gasteiger partial charge in [0.1, 0.15) is 0 Å². The van der Waals surface area contributed by atoms with Crippen molar-refractivity contribution >= 4 is 0 Å². The van der Waals surface area contributed by atoms with Crippen molar-refractivity contribution < 1.29 is 4.74 Å². The lowest BCUT2D eigenvalue weighted by molar-refractivity contribution is 0.162. The van der Waals surface area contributed by atoms with Gasteiger partial charge >= 0.3 is 0 Å². The molecule has 0 saturated carbocycles. The summed E-state index contributed by atoms with van der Waals surface area (Å²) in [5, 5.41) is 0. The van der Waals surface area contributed by atoms with Crippen LogP contribution in [0.3, 0.4) is 0 Å². The molecule has 15 heavy (non-hydrogen) atoms. The fourth-order valence-corrected chi connectivity index (χ4v) is 0.589. The highest BCUT2D eigenvalue weighted by Crippen LogP contribution is 1.79. The number of hydrogen-bond donors (Lipinski definition) is 0. The Kier molecular flexibility index (Phi) is 38.4. The number of benzene rings is 1. The highest BCUT2D eigenvalue weighted by atomic mass is 16.5. The summed E-state index contributed by atoms with van der Waals surface area (Å²) in [4.78, 5) is 0. The number of rotatable bonds is 2. The molecule has 0 atom stereocenters. The van der Waals surface area contributed by atoms with Gasteiger partial charge in [-0.05, 0) is 13.8 Å². The second-order valence-corrected chi connectivity index (χ2v) is 1.94. The molecule has 1 nitrogen and oxygen atoms in total. The lowest BCUT2D eigenvalue weighted by Crippen LogP contribution is -1.84. The van der Waals surface area contributed by atoms with Crippen molar-refractivity contribution in [2.24, 2.45) is 0 Å². The third-order valence-corrected chi connectivity index (χ3v) is 1.07. The molecule has 1 rings (SSSR count). The van der Waals surface area contributed by atoms with Crippen LogP contribution in [0.15, 0.2) is 36.4 Å². The van der Waals surface area contributed by atoms with Gasteiger partial charge in [0.15, 0.2) is 0 Å². The van der Waals surface area contributed by atoms with Crippen LogP contribution in [0.25, 0.3) is 0 Å². The maximum absolute atomic E-state index is 4.83. The predicted octanol–water partition coefficient (Wildman–Crippen LogP) is 4.78. The van der Waals surface area contributed by atoms with E-state index < -0.39 is 0 Å². The van der Waals surface area contributed by atoms with Crippen molar-refractivity contribution in [3.8, 4) is 0 Å². The first kappa shape index (κ1) is 19.7. The Balaban J connectivity index is -0.000000146. The minimum Gasteiger partial charge on any atom is -0.382 e. The molecule has 0 saturated heterocycles. The van der Waals surface area contributed by atoms with Crippen LogP contribution in [0.2, 0.25) is 0 Å². The summed E-state index contributed by atoms with van der Waals surface area (Å²) in [7, 11) is 0. The Morgan fingerprint density at radius 2 is 0.800 bits per heavy atom. The summed E-state index contributed by atoms with van der Waals surface area (Å²) >= 11 is 0. The topological polar surface area (TPSA) is 9.23 Å². The molecular weight excluding hydrogens is 184 g/mol. The van der Waals surface area contributed by atoms with Gasteiger partial charge in [-0.15, -0.1) is 0 Å². The molecule has 1 aromatic rings. The molecule has 0 aliphatic carbocycles. The SMILES string of the molecule is CC.CC.CCOCC.c1ccccc1. The lowest BCUT2D eigenvalue weighted by atomic mass is 10.4. The average Bonchev–Trinajstić information content (AvgIpc) is 2.38. The van der Waals surface area contributed by atoms with Gasteiger partial charge in [0, 0.05) is 13.2 Å². The molecule has 0 aliphatic rings. The molecule has 0 aliphatic heterocycles. The van der Waals surface area contributed by atoms with E-state index in [9.17, 15) is 0 Å². The van der Waals surface area contributed by atoms with Crippen LogP contribution in [0.4, 0.5) is 0 Å². The molecule has 0 fully saturated rings. The molecule has 0 aromatic heterocycles. The van der Waals surface area contributed by atoms with E-state index >= 15 is 0 Å². The fourth-order valence-electron chi connectivity index (χ4n) is 0.589. The number of hydrogen-bond acceptors (Lipinski definition) is 1. The molecule has 1 aromatic carbocycles. The predicted molar refractivity (Wildman–Crippen MR) is 71.3 cm³/mol. The van der Waals surface area contributed by atoms with Crippen molar-refractivity contribution in [2.75, 3.05) is 13.2 Å². The van der Waals surface area contributed by atoms with E-state index in [-0.39, 0.29) is 0 Å². The lowest BCUT2D eigenvalue weighted by Gasteiger charge is -1.86. The van der Waals surface area contributed by atoms with Crippen LogP contribution in [0.1, 0.15) is 41.5 Å². The van der Waals surface area contributed by atoms with E-state index in [2.05, 4.69) is 0 Å². The highest BCUT2D eigenvalue weighted by Gasteiger charge is 1.64. The van der Waals surface area contributed by atoms with Crippen LogP contribution in [0, 0.1) is 0 Å². The van der Waals surface area contributed by atoms with Crippen molar-refractivity contribution in [1.29, 1.82) is 0 Å². The smallest absolute Gasteiger partial charge is 0.0437 e. The van der Waals surface area contributed by atoms with Gasteiger partial charge < -0.3 is 4.74 Å². The van der Waals surface area contributed by atoms with Gasteiger partial charge in [-0.3, -0.25) is 0 Å². The van der Waals surface area contributed by atoms with Crippen LogP contribution < -0.4 is 0 Å². The Morgan fingerprint density at radius 3 is 0.867 bits per heavy atom. The Labute approximate surface area is 96.5 Å². The quantitative estimate of drug-likeness (QED) is 0.685. The zero-order valence-electron chi connectivity index (χ0n) is 11.3. The molecule has 0 N–H and O–H groups in total. The molecule has 0 radical (unpaired) electrons. The van der Waals surface area contributed by atoms with Crippen molar-refractivity contribution in [3.05, 3.63) is 36.4 Å². The van der Waals surface area contributed by atoms with Gasteiger partial charge in [-0.2, -0.15) is 0 Å². The Morgan fingerprint density at radius 1 is 0.600 bits per heavy atom. The molecular formula is C14H28O. The van der Waals surface area contributed by atoms with E-state index in [4.69, 9.17) is 4.74 Å². The molecule has 0 heterocycles. The van der Waals surface area contributed by atoms with Gasteiger partial charge in [-0.1, -0.05) is 64.1 Å². The van der Waals surface area contributed by atoms with E-state index in [0.717, 1.165) is 13.2 Å². The highest BCUT2D eigenvalue weighted by molar-refractivity contribution is 4.99. The second-order valence-electron chi connectivity index (χ2n) is 1.94. The third kappa shape index (κ3) is 32.0. The van der Waals surface area contributed by atoms with Gasteiger partial charge in [0.05, 0.1) is 0 Å². The first-order valence-corrected chi connectivity index (χ1v) is 5.99. The fraction of sp³-hybridized carbons (Fsp3) is 0.571. The van der Waals surface area contributed by atoms with Gasteiger partial charge in [-0.25, -0.2) is 0 Å². The molecule has 1 heteroatoms. The standard InChI is InChI=1S/C6H6.C4H10O.2C2H6/c1-2-4-6-5-3-1;1-3-5-4-2;2*1-2/h1-6H;3-4H2,1-2H3;2*1-2H3. The third-order valence-electron chi connectivity index (χ3n) is 1.07. The maximum atomic E-state index is 4.83. The van der Waals surface area contributed by atoms with Crippen molar-refractivity contribution in [1.82, 2.24) is 0 Å². The minimum absolute atomic E-state index is 0.844. The van der Waals surface area contributed by atoms with E-state index in [1.165, 1.54) is 0 Å². The van der Waals surface area contributed by atoms with E-state index in [1.807, 2.05) is 77.9 Å². The summed E-state index contributed by atoms with van der Waals surface area (Å²) in [6.45, 7) is 13.7. The largest absolute Gasteiger partial charge is 0.382 e. The van der Waals surface area contributed by atoms with Crippen molar-refractivity contribution in [2.45, 2.75) is 41.5 Å². The van der Waals surface area contributed by atoms with E-state index in [1.54, 1.807) is 0 Å². The number of ether oxygens (including phenoxy) is 1. The Bertz CT molecular complexity index is 109. The van der Waals surface area contributed by atoms with Crippen LogP contribution in [0.5, 0.6) is 0 Å². The summed E-state index contributed by atoms with van der Waals surface area (Å²) in [5.74, 6) is 0.